The van der Waals surface area contributed by atoms with Gasteiger partial charge in [0.15, 0.2) is 0 Å². The predicted octanol–water partition coefficient (Wildman–Crippen LogP) is 2.65. The molecule has 0 unspecified atom stereocenters. The van der Waals surface area contributed by atoms with Gasteiger partial charge in [0.2, 0.25) is 0 Å². The Hall–Kier alpha value is -1.52. The molecule has 2 aromatic rings. The lowest BCUT2D eigenvalue weighted by Gasteiger charge is -2.34. The van der Waals surface area contributed by atoms with E-state index in [0.717, 1.165) is 48.4 Å². The Morgan fingerprint density at radius 1 is 1.15 bits per heavy atom. The van der Waals surface area contributed by atoms with Crippen molar-refractivity contribution in [3.63, 3.8) is 0 Å². The molecule has 0 bridgehead atoms. The maximum atomic E-state index is 6.21. The van der Waals surface area contributed by atoms with Crippen molar-refractivity contribution in [1.29, 1.82) is 0 Å². The third kappa shape index (κ3) is 2.41. The minimum Gasteiger partial charge on any atom is -0.497 e. The lowest BCUT2D eigenvalue weighted by molar-refractivity contribution is 0.313. The van der Waals surface area contributed by atoms with E-state index < -0.39 is 0 Å². The van der Waals surface area contributed by atoms with Crippen molar-refractivity contribution in [3.05, 3.63) is 29.5 Å². The molecule has 1 aromatic carbocycles. The van der Waals surface area contributed by atoms with Crippen molar-refractivity contribution in [2.24, 2.45) is 0 Å². The van der Waals surface area contributed by atoms with Gasteiger partial charge in [0.05, 0.1) is 19.0 Å². The molecule has 0 spiro atoms. The van der Waals surface area contributed by atoms with Gasteiger partial charge in [-0.2, -0.15) is 0 Å². The number of fused-ring (bicyclic) bond motifs is 1. The SMILES string of the molecule is COc1ccc2c(Cl)ncc(N3CCN(C)CC3)c2c1. The number of rotatable bonds is 2. The largest absolute Gasteiger partial charge is 0.497 e. The topological polar surface area (TPSA) is 28.6 Å². The molecular weight excluding hydrogens is 274 g/mol. The molecule has 0 amide bonds. The minimum atomic E-state index is 0.542. The number of hydrogen-bond acceptors (Lipinski definition) is 4. The molecule has 1 fully saturated rings. The summed E-state index contributed by atoms with van der Waals surface area (Å²) >= 11 is 6.21. The van der Waals surface area contributed by atoms with Crippen LogP contribution in [0.5, 0.6) is 5.75 Å². The molecule has 106 valence electrons. The third-order valence-corrected chi connectivity index (χ3v) is 4.17. The van der Waals surface area contributed by atoms with Crippen LogP contribution in [-0.4, -0.2) is 50.2 Å². The fourth-order valence-corrected chi connectivity index (χ4v) is 2.81. The summed E-state index contributed by atoms with van der Waals surface area (Å²) in [6.07, 6.45) is 1.87. The van der Waals surface area contributed by atoms with E-state index in [1.165, 1.54) is 0 Å². The van der Waals surface area contributed by atoms with E-state index in [2.05, 4.69) is 21.8 Å². The Morgan fingerprint density at radius 2 is 1.90 bits per heavy atom. The zero-order chi connectivity index (χ0) is 14.1. The number of anilines is 1. The molecule has 3 rings (SSSR count). The second-order valence-electron chi connectivity index (χ2n) is 5.14. The fraction of sp³-hybridized carbons (Fsp3) is 0.400. The Bertz CT molecular complexity index is 624. The summed E-state index contributed by atoms with van der Waals surface area (Å²) in [5, 5.41) is 2.62. The number of piperazine rings is 1. The Balaban J connectivity index is 2.07. The van der Waals surface area contributed by atoms with Crippen molar-refractivity contribution in [2.75, 3.05) is 45.2 Å². The summed E-state index contributed by atoms with van der Waals surface area (Å²) in [4.78, 5) is 9.03. The summed E-state index contributed by atoms with van der Waals surface area (Å²) in [5.74, 6) is 0.843. The van der Waals surface area contributed by atoms with Crippen molar-refractivity contribution in [1.82, 2.24) is 9.88 Å². The van der Waals surface area contributed by atoms with E-state index in [4.69, 9.17) is 16.3 Å². The highest BCUT2D eigenvalue weighted by molar-refractivity contribution is 6.34. The second kappa shape index (κ2) is 5.46. The zero-order valence-electron chi connectivity index (χ0n) is 11.8. The quantitative estimate of drug-likeness (QED) is 0.796. The molecule has 4 nitrogen and oxygen atoms in total. The first-order valence-electron chi connectivity index (χ1n) is 6.75. The lowest BCUT2D eigenvalue weighted by atomic mass is 10.1. The van der Waals surface area contributed by atoms with Gasteiger partial charge >= 0.3 is 0 Å². The van der Waals surface area contributed by atoms with Crippen molar-refractivity contribution in [2.45, 2.75) is 0 Å². The molecule has 0 N–H and O–H groups in total. The summed E-state index contributed by atoms with van der Waals surface area (Å²) in [5.41, 5.74) is 1.14. The standard InChI is InChI=1S/C15H18ClN3O/c1-18-5-7-19(8-6-18)14-10-17-15(16)12-4-3-11(20-2)9-13(12)14/h3-4,9-10H,5-8H2,1-2H3. The molecule has 0 saturated carbocycles. The van der Waals surface area contributed by atoms with Gasteiger partial charge < -0.3 is 14.5 Å². The Morgan fingerprint density at radius 3 is 2.60 bits per heavy atom. The molecule has 2 heterocycles. The van der Waals surface area contributed by atoms with Crippen LogP contribution in [0.1, 0.15) is 0 Å². The van der Waals surface area contributed by atoms with Crippen LogP contribution in [0, 0.1) is 0 Å². The number of benzene rings is 1. The van der Waals surface area contributed by atoms with Crippen molar-refractivity contribution in [3.8, 4) is 5.75 Å². The number of nitrogens with zero attached hydrogens (tertiary/aromatic N) is 3. The molecule has 1 aromatic heterocycles. The summed E-state index contributed by atoms with van der Waals surface area (Å²) in [6, 6.07) is 5.93. The van der Waals surface area contributed by atoms with Gasteiger partial charge in [-0.15, -0.1) is 0 Å². The molecule has 0 atom stereocenters. The maximum absolute atomic E-state index is 6.21. The Labute approximate surface area is 123 Å². The van der Waals surface area contributed by atoms with E-state index in [1.54, 1.807) is 7.11 Å². The van der Waals surface area contributed by atoms with E-state index in [1.807, 2.05) is 24.4 Å². The molecule has 0 radical (unpaired) electrons. The average molecular weight is 292 g/mol. The smallest absolute Gasteiger partial charge is 0.136 e. The van der Waals surface area contributed by atoms with Crippen LogP contribution < -0.4 is 9.64 Å². The van der Waals surface area contributed by atoms with E-state index >= 15 is 0 Å². The van der Waals surface area contributed by atoms with Crippen molar-refractivity contribution < 1.29 is 4.74 Å². The zero-order valence-corrected chi connectivity index (χ0v) is 12.5. The van der Waals surface area contributed by atoms with Crippen LogP contribution in [0.3, 0.4) is 0 Å². The van der Waals surface area contributed by atoms with Gasteiger partial charge in [0, 0.05) is 37.0 Å². The molecule has 1 saturated heterocycles. The number of methoxy groups -OCH3 is 1. The van der Waals surface area contributed by atoms with Crippen LogP contribution in [-0.2, 0) is 0 Å². The molecule has 0 aliphatic carbocycles. The number of aromatic nitrogens is 1. The first kappa shape index (κ1) is 13.5. The van der Waals surface area contributed by atoms with Crippen LogP contribution >= 0.6 is 11.6 Å². The van der Waals surface area contributed by atoms with Crippen LogP contribution in [0.15, 0.2) is 24.4 Å². The molecule has 1 aliphatic heterocycles. The number of hydrogen-bond donors (Lipinski definition) is 0. The molecule has 1 aliphatic rings. The Kier molecular flexibility index (Phi) is 3.68. The third-order valence-electron chi connectivity index (χ3n) is 3.87. The molecule has 5 heteroatoms. The monoisotopic (exact) mass is 291 g/mol. The lowest BCUT2D eigenvalue weighted by Crippen LogP contribution is -2.44. The van der Waals surface area contributed by atoms with Gasteiger partial charge in [0.1, 0.15) is 10.9 Å². The van der Waals surface area contributed by atoms with Crippen molar-refractivity contribution >= 4 is 28.1 Å². The number of ether oxygens (including phenoxy) is 1. The highest BCUT2D eigenvalue weighted by Crippen LogP contribution is 2.33. The van der Waals surface area contributed by atoms with Gasteiger partial charge in [-0.25, -0.2) is 4.98 Å². The van der Waals surface area contributed by atoms with Gasteiger partial charge in [0.25, 0.3) is 0 Å². The van der Waals surface area contributed by atoms with Crippen LogP contribution in [0.2, 0.25) is 5.15 Å². The maximum Gasteiger partial charge on any atom is 0.136 e. The first-order chi connectivity index (χ1) is 9.69. The number of halogens is 1. The van der Waals surface area contributed by atoms with Crippen LogP contribution in [0.4, 0.5) is 5.69 Å². The number of likely N-dealkylation sites (N-methyl/N-ethyl adjacent to an activating group) is 1. The summed E-state index contributed by atoms with van der Waals surface area (Å²) < 4.78 is 5.33. The summed E-state index contributed by atoms with van der Waals surface area (Å²) in [6.45, 7) is 4.14. The summed E-state index contributed by atoms with van der Waals surface area (Å²) in [7, 11) is 3.83. The average Bonchev–Trinajstić information content (AvgIpc) is 2.48. The normalized spacial score (nSPS) is 16.6. The van der Waals surface area contributed by atoms with Gasteiger partial charge in [-0.05, 0) is 25.2 Å². The molecule has 20 heavy (non-hydrogen) atoms. The first-order valence-corrected chi connectivity index (χ1v) is 7.12. The highest BCUT2D eigenvalue weighted by Gasteiger charge is 2.18. The minimum absolute atomic E-state index is 0.542. The van der Waals surface area contributed by atoms with E-state index in [9.17, 15) is 0 Å². The van der Waals surface area contributed by atoms with E-state index in [-0.39, 0.29) is 0 Å². The second-order valence-corrected chi connectivity index (χ2v) is 5.49. The molecular formula is C15H18ClN3O. The van der Waals surface area contributed by atoms with Gasteiger partial charge in [-0.1, -0.05) is 11.6 Å². The fourth-order valence-electron chi connectivity index (χ4n) is 2.60. The van der Waals surface area contributed by atoms with Gasteiger partial charge in [-0.3, -0.25) is 0 Å². The predicted molar refractivity (Wildman–Crippen MR) is 83.0 cm³/mol. The number of pyridine rings is 1. The van der Waals surface area contributed by atoms with Crippen LogP contribution in [0.25, 0.3) is 10.8 Å². The highest BCUT2D eigenvalue weighted by atomic mass is 35.5. The van der Waals surface area contributed by atoms with E-state index in [0.29, 0.717) is 5.15 Å².